The zero-order valence-electron chi connectivity index (χ0n) is 10.9. The lowest BCUT2D eigenvalue weighted by Crippen LogP contribution is -2.32. The molecule has 1 atom stereocenters. The van der Waals surface area contributed by atoms with Crippen molar-refractivity contribution >= 4 is 5.97 Å². The van der Waals surface area contributed by atoms with Crippen LogP contribution < -0.4 is 0 Å². The van der Waals surface area contributed by atoms with Gasteiger partial charge in [-0.05, 0) is 33.3 Å². The predicted molar refractivity (Wildman–Crippen MR) is 66.5 cm³/mol. The summed E-state index contributed by atoms with van der Waals surface area (Å²) in [5.41, 5.74) is 0.634. The molecule has 94 valence electrons. The molecule has 0 saturated carbocycles. The number of hydrogen-bond acceptors (Lipinski definition) is 3. The molecule has 0 fully saturated rings. The van der Waals surface area contributed by atoms with Crippen LogP contribution in [0.15, 0.2) is 30.3 Å². The molecule has 0 amide bonds. The topological polar surface area (TPSA) is 35.5 Å². The molecule has 0 bridgehead atoms. The van der Waals surface area contributed by atoms with Crippen molar-refractivity contribution in [1.82, 2.24) is 0 Å². The summed E-state index contributed by atoms with van der Waals surface area (Å²) in [4.78, 5) is 11.6. The van der Waals surface area contributed by atoms with E-state index in [0.29, 0.717) is 0 Å². The van der Waals surface area contributed by atoms with Crippen LogP contribution in [0, 0.1) is 0 Å². The van der Waals surface area contributed by atoms with Crippen molar-refractivity contribution in [1.29, 1.82) is 0 Å². The van der Waals surface area contributed by atoms with Crippen molar-refractivity contribution in [3.8, 4) is 0 Å². The average molecular weight is 236 g/mol. The number of hydrogen-bond donors (Lipinski definition) is 0. The minimum Gasteiger partial charge on any atom is -0.459 e. The van der Waals surface area contributed by atoms with Crippen LogP contribution in [0.3, 0.4) is 0 Å². The monoisotopic (exact) mass is 236 g/mol. The molecular weight excluding hydrogens is 216 g/mol. The van der Waals surface area contributed by atoms with Crippen LogP contribution in [0.2, 0.25) is 0 Å². The van der Waals surface area contributed by atoms with Gasteiger partial charge in [-0.15, -0.1) is 0 Å². The molecule has 0 aliphatic heterocycles. The van der Waals surface area contributed by atoms with Gasteiger partial charge >= 0.3 is 5.97 Å². The molecule has 0 saturated heterocycles. The highest BCUT2D eigenvalue weighted by Crippen LogP contribution is 2.12. The number of carbonyl (C=O) groups is 1. The van der Waals surface area contributed by atoms with E-state index in [9.17, 15) is 4.79 Å². The van der Waals surface area contributed by atoms with E-state index in [1.165, 1.54) is 0 Å². The lowest BCUT2D eigenvalue weighted by molar-refractivity contribution is -0.165. The van der Waals surface area contributed by atoms with Crippen LogP contribution in [0.25, 0.3) is 0 Å². The third-order valence-electron chi connectivity index (χ3n) is 2.09. The Hall–Kier alpha value is -1.35. The zero-order valence-corrected chi connectivity index (χ0v) is 10.9. The Labute approximate surface area is 103 Å². The minimum atomic E-state index is -0.543. The third kappa shape index (κ3) is 5.50. The van der Waals surface area contributed by atoms with Gasteiger partial charge in [0.1, 0.15) is 6.61 Å². The fraction of sp³-hybridized carbons (Fsp3) is 0.500. The number of esters is 1. The Morgan fingerprint density at radius 3 is 2.35 bits per heavy atom. The van der Waals surface area contributed by atoms with Gasteiger partial charge in [-0.3, -0.25) is 0 Å². The first-order chi connectivity index (χ1) is 7.88. The molecule has 17 heavy (non-hydrogen) atoms. The van der Waals surface area contributed by atoms with Crippen LogP contribution in [0.5, 0.6) is 0 Å². The SMILES string of the molecule is CC(OC(C)(C)C)C(=O)OCc1ccccc1. The molecule has 0 aliphatic rings. The van der Waals surface area contributed by atoms with Gasteiger partial charge in [0.15, 0.2) is 6.10 Å². The van der Waals surface area contributed by atoms with Crippen molar-refractivity contribution in [2.75, 3.05) is 0 Å². The number of carbonyl (C=O) groups excluding carboxylic acids is 1. The van der Waals surface area contributed by atoms with E-state index in [0.717, 1.165) is 5.56 Å². The van der Waals surface area contributed by atoms with Gasteiger partial charge in [-0.25, -0.2) is 4.79 Å². The Morgan fingerprint density at radius 2 is 1.82 bits per heavy atom. The molecule has 0 N–H and O–H groups in total. The van der Waals surface area contributed by atoms with Crippen LogP contribution in [-0.2, 0) is 20.9 Å². The molecule has 0 radical (unpaired) electrons. The molecule has 1 aromatic rings. The van der Waals surface area contributed by atoms with E-state index in [1.54, 1.807) is 6.92 Å². The quantitative estimate of drug-likeness (QED) is 0.754. The van der Waals surface area contributed by atoms with Crippen molar-refractivity contribution in [2.24, 2.45) is 0 Å². The molecule has 0 heterocycles. The summed E-state index contributed by atoms with van der Waals surface area (Å²) in [7, 11) is 0. The van der Waals surface area contributed by atoms with Crippen molar-refractivity contribution < 1.29 is 14.3 Å². The second kappa shape index (κ2) is 5.82. The third-order valence-corrected chi connectivity index (χ3v) is 2.09. The van der Waals surface area contributed by atoms with Crippen LogP contribution in [-0.4, -0.2) is 17.7 Å². The van der Waals surface area contributed by atoms with Crippen LogP contribution in [0.1, 0.15) is 33.3 Å². The maximum Gasteiger partial charge on any atom is 0.335 e. The van der Waals surface area contributed by atoms with E-state index >= 15 is 0 Å². The van der Waals surface area contributed by atoms with Gasteiger partial charge < -0.3 is 9.47 Å². The highest BCUT2D eigenvalue weighted by atomic mass is 16.6. The first kappa shape index (κ1) is 13.7. The Balaban J connectivity index is 2.40. The maximum absolute atomic E-state index is 11.6. The van der Waals surface area contributed by atoms with Gasteiger partial charge in [0.2, 0.25) is 0 Å². The van der Waals surface area contributed by atoms with E-state index in [-0.39, 0.29) is 18.2 Å². The molecule has 1 unspecified atom stereocenters. The number of benzene rings is 1. The second-order valence-corrected chi connectivity index (χ2v) is 4.97. The van der Waals surface area contributed by atoms with Gasteiger partial charge in [0, 0.05) is 0 Å². The summed E-state index contributed by atoms with van der Waals surface area (Å²) < 4.78 is 10.7. The van der Waals surface area contributed by atoms with Crippen molar-refractivity contribution in [3.63, 3.8) is 0 Å². The Morgan fingerprint density at radius 1 is 1.24 bits per heavy atom. The average Bonchev–Trinajstić information content (AvgIpc) is 2.25. The summed E-state index contributed by atoms with van der Waals surface area (Å²) >= 11 is 0. The molecule has 0 aromatic heterocycles. The molecule has 0 aliphatic carbocycles. The molecule has 3 nitrogen and oxygen atoms in total. The summed E-state index contributed by atoms with van der Waals surface area (Å²) in [6.07, 6.45) is -0.543. The first-order valence-corrected chi connectivity index (χ1v) is 5.77. The van der Waals surface area contributed by atoms with Gasteiger partial charge in [0.05, 0.1) is 5.60 Å². The fourth-order valence-corrected chi connectivity index (χ4v) is 1.42. The Bertz CT molecular complexity index is 351. The molecule has 3 heteroatoms. The van der Waals surface area contributed by atoms with Gasteiger partial charge in [-0.1, -0.05) is 30.3 Å². The molecule has 1 rings (SSSR count). The first-order valence-electron chi connectivity index (χ1n) is 5.77. The lowest BCUT2D eigenvalue weighted by Gasteiger charge is -2.23. The largest absolute Gasteiger partial charge is 0.459 e. The molecule has 0 spiro atoms. The fourth-order valence-electron chi connectivity index (χ4n) is 1.42. The lowest BCUT2D eigenvalue weighted by atomic mass is 10.2. The number of ether oxygens (including phenoxy) is 2. The van der Waals surface area contributed by atoms with E-state index in [4.69, 9.17) is 9.47 Å². The van der Waals surface area contributed by atoms with Crippen LogP contribution >= 0.6 is 0 Å². The van der Waals surface area contributed by atoms with Gasteiger partial charge in [0.25, 0.3) is 0 Å². The maximum atomic E-state index is 11.6. The van der Waals surface area contributed by atoms with Gasteiger partial charge in [-0.2, -0.15) is 0 Å². The predicted octanol–water partition coefficient (Wildman–Crippen LogP) is 2.93. The van der Waals surface area contributed by atoms with E-state index < -0.39 is 6.10 Å². The second-order valence-electron chi connectivity index (χ2n) is 4.97. The standard InChI is InChI=1S/C14H20O3/c1-11(17-14(2,3)4)13(15)16-10-12-8-6-5-7-9-12/h5-9,11H,10H2,1-4H3. The number of rotatable bonds is 4. The normalized spacial score (nSPS) is 13.2. The van der Waals surface area contributed by atoms with Crippen molar-refractivity contribution in [3.05, 3.63) is 35.9 Å². The molecule has 1 aromatic carbocycles. The summed E-state index contributed by atoms with van der Waals surface area (Å²) in [5.74, 6) is -0.330. The Kier molecular flexibility index (Phi) is 4.70. The highest BCUT2D eigenvalue weighted by molar-refractivity contribution is 5.74. The summed E-state index contributed by atoms with van der Waals surface area (Å²) in [5, 5.41) is 0. The smallest absolute Gasteiger partial charge is 0.335 e. The van der Waals surface area contributed by atoms with Crippen LogP contribution in [0.4, 0.5) is 0 Å². The highest BCUT2D eigenvalue weighted by Gasteiger charge is 2.22. The summed E-state index contributed by atoms with van der Waals surface area (Å²) in [6.45, 7) is 7.73. The zero-order chi connectivity index (χ0) is 12.9. The molecular formula is C14H20O3. The van der Waals surface area contributed by atoms with E-state index in [1.807, 2.05) is 51.1 Å². The summed E-state index contributed by atoms with van der Waals surface area (Å²) in [6, 6.07) is 9.60. The van der Waals surface area contributed by atoms with E-state index in [2.05, 4.69) is 0 Å². The minimum absolute atomic E-state index is 0.289. The van der Waals surface area contributed by atoms with Crippen molar-refractivity contribution in [2.45, 2.75) is 46.0 Å².